The van der Waals surface area contributed by atoms with E-state index in [2.05, 4.69) is 48.2 Å². The molecule has 1 atom stereocenters. The van der Waals surface area contributed by atoms with E-state index >= 15 is 0 Å². The molecule has 32 heavy (non-hydrogen) atoms. The number of hydrogen-bond donors (Lipinski definition) is 0. The number of carbonyl (C=O) groups excluding carboxylic acids is 1. The van der Waals surface area contributed by atoms with Crippen molar-refractivity contribution >= 4 is 5.97 Å². The minimum absolute atomic E-state index is 0.0532. The van der Waals surface area contributed by atoms with Crippen molar-refractivity contribution in [1.82, 2.24) is 4.90 Å². The van der Waals surface area contributed by atoms with Crippen LogP contribution in [-0.4, -0.2) is 37.6 Å². The summed E-state index contributed by atoms with van der Waals surface area (Å²) in [5, 5.41) is 0. The van der Waals surface area contributed by atoms with E-state index in [4.69, 9.17) is 4.74 Å². The number of nitrogens with zero attached hydrogens (tertiary/aromatic N) is 1. The van der Waals surface area contributed by atoms with E-state index in [9.17, 15) is 4.79 Å². The van der Waals surface area contributed by atoms with Crippen LogP contribution in [0.25, 0.3) is 0 Å². The summed E-state index contributed by atoms with van der Waals surface area (Å²) in [6.45, 7) is 2.73. The molecule has 0 saturated heterocycles. The van der Waals surface area contributed by atoms with E-state index in [1.54, 1.807) is 0 Å². The number of ether oxygens (including phenoxy) is 1. The maximum Gasteiger partial charge on any atom is 0.305 e. The summed E-state index contributed by atoms with van der Waals surface area (Å²) in [5.41, 5.74) is 1.28. The molecule has 0 radical (unpaired) electrons. The molecule has 0 aromatic heterocycles. The maximum absolute atomic E-state index is 12.1. The van der Waals surface area contributed by atoms with Crippen LogP contribution in [0.5, 0.6) is 0 Å². The summed E-state index contributed by atoms with van der Waals surface area (Å²) in [7, 11) is 4.09. The van der Waals surface area contributed by atoms with E-state index in [0.717, 1.165) is 19.3 Å². The molecule has 1 unspecified atom stereocenters. The quantitative estimate of drug-likeness (QED) is 0.117. The van der Waals surface area contributed by atoms with Gasteiger partial charge in [-0.05, 0) is 58.2 Å². The molecule has 1 rings (SSSR count). The highest BCUT2D eigenvalue weighted by Crippen LogP contribution is 2.11. The van der Waals surface area contributed by atoms with Crippen molar-refractivity contribution in [3.8, 4) is 0 Å². The van der Waals surface area contributed by atoms with Crippen molar-refractivity contribution in [3.05, 3.63) is 48.0 Å². The summed E-state index contributed by atoms with van der Waals surface area (Å²) in [4.78, 5) is 14.2. The normalized spacial score (nSPS) is 12.5. The van der Waals surface area contributed by atoms with Crippen LogP contribution in [0.15, 0.2) is 42.5 Å². The van der Waals surface area contributed by atoms with Crippen molar-refractivity contribution in [3.63, 3.8) is 0 Å². The molecule has 0 heterocycles. The molecule has 1 aromatic carbocycles. The zero-order valence-electron chi connectivity index (χ0n) is 21.2. The third-order valence-electron chi connectivity index (χ3n) is 6.12. The second kappa shape index (κ2) is 20.0. The van der Waals surface area contributed by atoms with Crippen molar-refractivity contribution in [2.75, 3.05) is 20.7 Å². The van der Waals surface area contributed by atoms with Crippen LogP contribution in [0, 0.1) is 0 Å². The topological polar surface area (TPSA) is 29.5 Å². The largest absolute Gasteiger partial charge is 0.464 e. The molecule has 0 saturated carbocycles. The predicted molar refractivity (Wildman–Crippen MR) is 138 cm³/mol. The van der Waals surface area contributed by atoms with Gasteiger partial charge in [-0.2, -0.15) is 0 Å². The fraction of sp³-hybridized carbons (Fsp3) is 0.690. The first-order valence-corrected chi connectivity index (χ1v) is 13.1. The standard InChI is InChI=1S/C29H49NO2/c1-4-5-6-7-8-9-10-11-12-13-14-15-16-17-21-24-29(31)32-26-28(30(2)3)25-27-22-19-18-20-23-27/h11-12,18-20,22-23,28H,4-10,13-17,21,24-26H2,1-3H3/b12-11-. The summed E-state index contributed by atoms with van der Waals surface area (Å²) < 4.78 is 5.57. The fourth-order valence-electron chi connectivity index (χ4n) is 3.88. The zero-order valence-corrected chi connectivity index (χ0v) is 21.2. The second-order valence-corrected chi connectivity index (χ2v) is 9.32. The number of esters is 1. The third kappa shape index (κ3) is 16.1. The Labute approximate surface area is 198 Å². The lowest BCUT2D eigenvalue weighted by Crippen LogP contribution is -2.35. The average molecular weight is 444 g/mol. The molecule has 3 heteroatoms. The van der Waals surface area contributed by atoms with Gasteiger partial charge in [-0.1, -0.05) is 101 Å². The van der Waals surface area contributed by atoms with Gasteiger partial charge < -0.3 is 9.64 Å². The molecular formula is C29H49NO2. The number of likely N-dealkylation sites (N-methyl/N-ethyl adjacent to an activating group) is 1. The molecule has 0 N–H and O–H groups in total. The molecular weight excluding hydrogens is 394 g/mol. The Bertz CT molecular complexity index is 582. The zero-order chi connectivity index (χ0) is 23.3. The summed E-state index contributed by atoms with van der Waals surface area (Å²) in [5.74, 6) is -0.0532. The molecule has 0 bridgehead atoms. The van der Waals surface area contributed by atoms with Gasteiger partial charge in [0.05, 0.1) is 0 Å². The van der Waals surface area contributed by atoms with Gasteiger partial charge in [-0.25, -0.2) is 0 Å². The highest BCUT2D eigenvalue weighted by molar-refractivity contribution is 5.69. The lowest BCUT2D eigenvalue weighted by atomic mass is 10.1. The van der Waals surface area contributed by atoms with Crippen molar-refractivity contribution in [2.45, 2.75) is 109 Å². The van der Waals surface area contributed by atoms with Gasteiger partial charge in [-0.15, -0.1) is 0 Å². The molecule has 3 nitrogen and oxygen atoms in total. The van der Waals surface area contributed by atoms with Crippen LogP contribution < -0.4 is 0 Å². The number of allylic oxidation sites excluding steroid dienone is 2. The minimum atomic E-state index is -0.0532. The maximum atomic E-state index is 12.1. The lowest BCUT2D eigenvalue weighted by molar-refractivity contribution is -0.145. The Balaban J connectivity index is 1.97. The Morgan fingerprint density at radius 2 is 1.41 bits per heavy atom. The molecule has 0 aliphatic carbocycles. The molecule has 0 fully saturated rings. The van der Waals surface area contributed by atoms with Crippen LogP contribution >= 0.6 is 0 Å². The van der Waals surface area contributed by atoms with E-state index < -0.39 is 0 Å². The van der Waals surface area contributed by atoms with Crippen LogP contribution in [0.4, 0.5) is 0 Å². The van der Waals surface area contributed by atoms with E-state index in [0.29, 0.717) is 13.0 Å². The van der Waals surface area contributed by atoms with Gasteiger partial charge >= 0.3 is 5.97 Å². The van der Waals surface area contributed by atoms with Crippen LogP contribution in [0.1, 0.15) is 102 Å². The van der Waals surface area contributed by atoms with Crippen molar-refractivity contribution in [2.24, 2.45) is 0 Å². The van der Waals surface area contributed by atoms with E-state index in [1.807, 2.05) is 20.2 Å². The van der Waals surface area contributed by atoms with E-state index in [1.165, 1.54) is 76.2 Å². The van der Waals surface area contributed by atoms with Crippen LogP contribution in [0.3, 0.4) is 0 Å². The average Bonchev–Trinajstić information content (AvgIpc) is 2.79. The number of carbonyl (C=O) groups is 1. The van der Waals surface area contributed by atoms with Gasteiger partial charge in [0.2, 0.25) is 0 Å². The highest BCUT2D eigenvalue weighted by Gasteiger charge is 2.15. The van der Waals surface area contributed by atoms with Crippen molar-refractivity contribution in [1.29, 1.82) is 0 Å². The first-order chi connectivity index (χ1) is 15.6. The Kier molecular flexibility index (Phi) is 17.8. The number of unbranched alkanes of at least 4 members (excludes halogenated alkanes) is 11. The molecule has 0 amide bonds. The lowest BCUT2D eigenvalue weighted by Gasteiger charge is -2.24. The number of hydrogen-bond acceptors (Lipinski definition) is 3. The summed E-state index contributed by atoms with van der Waals surface area (Å²) >= 11 is 0. The van der Waals surface area contributed by atoms with E-state index in [-0.39, 0.29) is 12.0 Å². The minimum Gasteiger partial charge on any atom is -0.464 e. The first-order valence-electron chi connectivity index (χ1n) is 13.1. The second-order valence-electron chi connectivity index (χ2n) is 9.32. The number of benzene rings is 1. The SMILES string of the molecule is CCCCCCCC/C=C\CCCCCCCC(=O)OCC(Cc1ccccc1)N(C)C. The Hall–Kier alpha value is -1.61. The predicted octanol–water partition coefficient (Wildman–Crippen LogP) is 7.74. The van der Waals surface area contributed by atoms with Gasteiger partial charge in [0.15, 0.2) is 0 Å². The smallest absolute Gasteiger partial charge is 0.305 e. The number of rotatable bonds is 20. The van der Waals surface area contributed by atoms with Gasteiger partial charge in [0.1, 0.15) is 6.61 Å². The fourth-order valence-corrected chi connectivity index (χ4v) is 3.88. The monoisotopic (exact) mass is 443 g/mol. The third-order valence-corrected chi connectivity index (χ3v) is 6.12. The molecule has 182 valence electrons. The summed E-state index contributed by atoms with van der Waals surface area (Å²) in [6, 6.07) is 10.6. The highest BCUT2D eigenvalue weighted by atomic mass is 16.5. The summed E-state index contributed by atoms with van der Waals surface area (Å²) in [6.07, 6.45) is 22.7. The Morgan fingerprint density at radius 1 is 0.844 bits per heavy atom. The molecule has 0 aliphatic heterocycles. The van der Waals surface area contributed by atoms with Gasteiger partial charge in [0, 0.05) is 12.5 Å². The first kappa shape index (κ1) is 28.4. The van der Waals surface area contributed by atoms with Crippen molar-refractivity contribution < 1.29 is 9.53 Å². The van der Waals surface area contributed by atoms with Crippen LogP contribution in [0.2, 0.25) is 0 Å². The van der Waals surface area contributed by atoms with Crippen LogP contribution in [-0.2, 0) is 16.0 Å². The molecule has 0 spiro atoms. The Morgan fingerprint density at radius 3 is 2.00 bits per heavy atom. The molecule has 0 aliphatic rings. The van der Waals surface area contributed by atoms with Gasteiger partial charge in [-0.3, -0.25) is 4.79 Å². The molecule has 1 aromatic rings. The van der Waals surface area contributed by atoms with Gasteiger partial charge in [0.25, 0.3) is 0 Å².